The molecule has 0 aliphatic rings. The summed E-state index contributed by atoms with van der Waals surface area (Å²) in [6.45, 7) is 8.64. The fraction of sp³-hybridized carbons (Fsp3) is 0.647. The van der Waals surface area contributed by atoms with Crippen LogP contribution in [0.4, 0.5) is 0 Å². The van der Waals surface area contributed by atoms with Gasteiger partial charge in [0.15, 0.2) is 0 Å². The predicted molar refractivity (Wildman–Crippen MR) is 83.8 cm³/mol. The Morgan fingerprint density at radius 2 is 1.95 bits per heavy atom. The van der Waals surface area contributed by atoms with Gasteiger partial charge in [0.25, 0.3) is 0 Å². The van der Waals surface area contributed by atoms with Gasteiger partial charge in [-0.1, -0.05) is 51.1 Å². The van der Waals surface area contributed by atoms with Crippen LogP contribution in [-0.4, -0.2) is 31.5 Å². The molecule has 0 radical (unpaired) electrons. The van der Waals surface area contributed by atoms with Gasteiger partial charge < -0.3 is 15.2 Å². The first-order chi connectivity index (χ1) is 9.64. The van der Waals surface area contributed by atoms with Crippen LogP contribution >= 0.6 is 0 Å². The third-order valence-corrected chi connectivity index (χ3v) is 3.50. The lowest BCUT2D eigenvalue weighted by atomic mass is 9.91. The minimum Gasteiger partial charge on any atom is -0.394 e. The van der Waals surface area contributed by atoms with Crippen molar-refractivity contribution in [2.75, 3.05) is 26.4 Å². The largest absolute Gasteiger partial charge is 0.394 e. The molecular formula is C17H29NO2. The molecule has 1 unspecified atom stereocenters. The fourth-order valence-corrected chi connectivity index (χ4v) is 2.12. The molecule has 0 bridgehead atoms. The summed E-state index contributed by atoms with van der Waals surface area (Å²) in [6.07, 6.45) is 2.07. The molecule has 0 heterocycles. The average molecular weight is 279 g/mol. The minimum atomic E-state index is -0.492. The van der Waals surface area contributed by atoms with E-state index in [0.29, 0.717) is 12.5 Å². The van der Waals surface area contributed by atoms with Crippen LogP contribution in [0.3, 0.4) is 0 Å². The summed E-state index contributed by atoms with van der Waals surface area (Å²) in [4.78, 5) is 0. The Balaban J connectivity index is 2.72. The van der Waals surface area contributed by atoms with Gasteiger partial charge in [0.05, 0.1) is 18.8 Å². The number of rotatable bonds is 10. The van der Waals surface area contributed by atoms with E-state index in [4.69, 9.17) is 4.74 Å². The summed E-state index contributed by atoms with van der Waals surface area (Å²) < 4.78 is 5.83. The third-order valence-electron chi connectivity index (χ3n) is 3.50. The first kappa shape index (κ1) is 17.2. The van der Waals surface area contributed by atoms with Crippen LogP contribution in [0.1, 0.15) is 39.2 Å². The molecule has 0 saturated heterocycles. The van der Waals surface area contributed by atoms with Gasteiger partial charge in [0, 0.05) is 6.61 Å². The Morgan fingerprint density at radius 3 is 2.50 bits per heavy atom. The third kappa shape index (κ3) is 5.23. The van der Waals surface area contributed by atoms with Gasteiger partial charge in [-0.15, -0.1) is 0 Å². The van der Waals surface area contributed by atoms with Crippen LogP contribution in [0.15, 0.2) is 30.3 Å². The highest BCUT2D eigenvalue weighted by molar-refractivity contribution is 5.25. The van der Waals surface area contributed by atoms with Gasteiger partial charge in [0.1, 0.15) is 0 Å². The van der Waals surface area contributed by atoms with Crippen molar-refractivity contribution in [1.82, 2.24) is 5.32 Å². The van der Waals surface area contributed by atoms with Crippen LogP contribution in [0.5, 0.6) is 0 Å². The van der Waals surface area contributed by atoms with Crippen molar-refractivity contribution in [2.45, 2.75) is 39.2 Å². The normalized spacial score (nSPS) is 14.4. The maximum Gasteiger partial charge on any atom is 0.0905 e. The second-order valence-corrected chi connectivity index (χ2v) is 5.77. The Kier molecular flexibility index (Phi) is 7.82. The molecule has 1 rings (SSSR count). The molecule has 0 aromatic heterocycles. The van der Waals surface area contributed by atoms with Crippen molar-refractivity contribution in [1.29, 1.82) is 0 Å². The monoisotopic (exact) mass is 279 g/mol. The standard InChI is InChI=1S/C17H29NO2/c1-4-11-18-17(13-19,14-20-12-10-15(2)3)16-8-6-5-7-9-16/h5-9,15,18-19H,4,10-14H2,1-3H3. The van der Waals surface area contributed by atoms with Crippen LogP contribution in [0, 0.1) is 5.92 Å². The summed E-state index contributed by atoms with van der Waals surface area (Å²) in [6, 6.07) is 10.1. The Hall–Kier alpha value is -0.900. The molecule has 1 aromatic carbocycles. The lowest BCUT2D eigenvalue weighted by molar-refractivity contribution is 0.0295. The highest BCUT2D eigenvalue weighted by Gasteiger charge is 2.31. The summed E-state index contributed by atoms with van der Waals surface area (Å²) in [5.74, 6) is 0.638. The molecule has 0 fully saturated rings. The van der Waals surface area contributed by atoms with Crippen LogP contribution in [0.2, 0.25) is 0 Å². The molecule has 0 spiro atoms. The second-order valence-electron chi connectivity index (χ2n) is 5.77. The van der Waals surface area contributed by atoms with Crippen LogP contribution in [0.25, 0.3) is 0 Å². The number of aliphatic hydroxyl groups is 1. The van der Waals surface area contributed by atoms with Gasteiger partial charge in [-0.2, -0.15) is 0 Å². The van der Waals surface area contributed by atoms with Crippen LogP contribution in [-0.2, 0) is 10.3 Å². The van der Waals surface area contributed by atoms with Gasteiger partial charge in [0.2, 0.25) is 0 Å². The topological polar surface area (TPSA) is 41.5 Å². The number of hydrogen-bond acceptors (Lipinski definition) is 3. The molecule has 3 heteroatoms. The van der Waals surface area contributed by atoms with Crippen molar-refractivity contribution in [3.05, 3.63) is 35.9 Å². The zero-order valence-corrected chi connectivity index (χ0v) is 13.1. The highest BCUT2D eigenvalue weighted by atomic mass is 16.5. The van der Waals surface area contributed by atoms with Gasteiger partial charge in [-0.05, 0) is 30.9 Å². The quantitative estimate of drug-likeness (QED) is 0.647. The van der Waals surface area contributed by atoms with E-state index in [-0.39, 0.29) is 6.61 Å². The van der Waals surface area contributed by atoms with Gasteiger partial charge in [-0.3, -0.25) is 0 Å². The molecule has 3 nitrogen and oxygen atoms in total. The molecule has 1 aromatic rings. The van der Waals surface area contributed by atoms with E-state index < -0.39 is 5.54 Å². The number of benzene rings is 1. The maximum atomic E-state index is 9.92. The summed E-state index contributed by atoms with van der Waals surface area (Å²) >= 11 is 0. The van der Waals surface area contributed by atoms with E-state index in [1.807, 2.05) is 30.3 Å². The number of aliphatic hydroxyl groups excluding tert-OH is 1. The SMILES string of the molecule is CCCNC(CO)(COCCC(C)C)c1ccccc1. The molecule has 114 valence electrons. The molecule has 2 N–H and O–H groups in total. The first-order valence-corrected chi connectivity index (χ1v) is 7.63. The zero-order valence-electron chi connectivity index (χ0n) is 13.1. The first-order valence-electron chi connectivity index (χ1n) is 7.63. The van der Waals surface area contributed by atoms with E-state index in [1.165, 1.54) is 0 Å². The Bertz CT molecular complexity index is 353. The number of ether oxygens (including phenoxy) is 1. The number of hydrogen-bond donors (Lipinski definition) is 2. The molecule has 0 aliphatic carbocycles. The molecular weight excluding hydrogens is 250 g/mol. The second kappa shape index (κ2) is 9.11. The van der Waals surface area contributed by atoms with Gasteiger partial charge >= 0.3 is 0 Å². The maximum absolute atomic E-state index is 9.92. The molecule has 20 heavy (non-hydrogen) atoms. The number of nitrogens with one attached hydrogen (secondary N) is 1. The molecule has 1 atom stereocenters. The smallest absolute Gasteiger partial charge is 0.0905 e. The predicted octanol–water partition coefficient (Wildman–Crippen LogP) is 2.94. The van der Waals surface area contributed by atoms with Crippen molar-refractivity contribution < 1.29 is 9.84 Å². The van der Waals surface area contributed by atoms with Crippen molar-refractivity contribution in [3.63, 3.8) is 0 Å². The van der Waals surface area contributed by atoms with E-state index in [9.17, 15) is 5.11 Å². The average Bonchev–Trinajstić information content (AvgIpc) is 2.48. The van der Waals surface area contributed by atoms with Crippen molar-refractivity contribution in [3.8, 4) is 0 Å². The fourth-order valence-electron chi connectivity index (χ4n) is 2.12. The molecule has 0 aliphatic heterocycles. The highest BCUT2D eigenvalue weighted by Crippen LogP contribution is 2.21. The van der Waals surface area contributed by atoms with E-state index in [0.717, 1.165) is 31.6 Å². The van der Waals surface area contributed by atoms with E-state index in [2.05, 4.69) is 26.1 Å². The Morgan fingerprint density at radius 1 is 1.25 bits per heavy atom. The summed E-state index contributed by atoms with van der Waals surface area (Å²) in [5, 5.41) is 13.4. The Labute approximate surface area is 123 Å². The molecule has 0 amide bonds. The minimum absolute atomic E-state index is 0.0404. The van der Waals surface area contributed by atoms with Crippen molar-refractivity contribution >= 4 is 0 Å². The van der Waals surface area contributed by atoms with Gasteiger partial charge in [-0.25, -0.2) is 0 Å². The summed E-state index contributed by atoms with van der Waals surface area (Å²) in [5.41, 5.74) is 0.592. The van der Waals surface area contributed by atoms with Crippen molar-refractivity contribution in [2.24, 2.45) is 5.92 Å². The van der Waals surface area contributed by atoms with E-state index in [1.54, 1.807) is 0 Å². The summed E-state index contributed by atoms with van der Waals surface area (Å²) in [7, 11) is 0. The van der Waals surface area contributed by atoms with E-state index >= 15 is 0 Å². The molecule has 0 saturated carbocycles. The lowest BCUT2D eigenvalue weighted by Gasteiger charge is -2.33. The zero-order chi connectivity index (χ0) is 14.8. The lowest BCUT2D eigenvalue weighted by Crippen LogP contribution is -2.49. The van der Waals surface area contributed by atoms with Crippen LogP contribution < -0.4 is 5.32 Å².